The Kier molecular flexibility index (Phi) is 4.43. The van der Waals surface area contributed by atoms with Crippen LogP contribution in [-0.2, 0) is 9.59 Å². The zero-order valence-corrected chi connectivity index (χ0v) is 12.9. The summed E-state index contributed by atoms with van der Waals surface area (Å²) in [6, 6.07) is 8.11. The highest BCUT2D eigenvalue weighted by Gasteiger charge is 2.32. The zero-order valence-electron chi connectivity index (χ0n) is 12.1. The molecule has 1 aromatic carbocycles. The Morgan fingerprint density at radius 3 is 2.96 bits per heavy atom. The van der Waals surface area contributed by atoms with Crippen LogP contribution in [-0.4, -0.2) is 33.6 Å². The molecule has 1 aliphatic heterocycles. The van der Waals surface area contributed by atoms with E-state index in [-0.39, 0.29) is 11.6 Å². The van der Waals surface area contributed by atoms with Gasteiger partial charge in [-0.1, -0.05) is 11.8 Å². The lowest BCUT2D eigenvalue weighted by Gasteiger charge is -1.98. The fourth-order valence-corrected chi connectivity index (χ4v) is 2.98. The van der Waals surface area contributed by atoms with Crippen molar-refractivity contribution in [2.75, 3.05) is 0 Å². The third-order valence-electron chi connectivity index (χ3n) is 3.14. The summed E-state index contributed by atoms with van der Waals surface area (Å²) in [5.74, 6) is -1.44. The van der Waals surface area contributed by atoms with Gasteiger partial charge in [-0.05, 0) is 29.8 Å². The first-order valence-corrected chi connectivity index (χ1v) is 7.73. The third kappa shape index (κ3) is 3.69. The smallest absolute Gasteiger partial charge is 0.336 e. The minimum absolute atomic E-state index is 0.259. The number of fused-ring (bicyclic) bond motifs is 1. The highest BCUT2D eigenvalue weighted by Crippen LogP contribution is 2.22. The van der Waals surface area contributed by atoms with Crippen molar-refractivity contribution in [3.8, 4) is 0 Å². The number of hydrogen-bond acceptors (Lipinski definition) is 7. The monoisotopic (exact) mass is 345 g/mol. The summed E-state index contributed by atoms with van der Waals surface area (Å²) in [7, 11) is 0. The molecule has 122 valence electrons. The van der Waals surface area contributed by atoms with Gasteiger partial charge in [-0.25, -0.2) is 4.79 Å². The molecule has 8 nitrogen and oxygen atoms in total. The minimum Gasteiger partial charge on any atom is -0.481 e. The molecule has 0 aliphatic carbocycles. The van der Waals surface area contributed by atoms with Gasteiger partial charge in [0.25, 0.3) is 0 Å². The van der Waals surface area contributed by atoms with Crippen LogP contribution in [0.2, 0.25) is 0 Å². The third-order valence-corrected chi connectivity index (χ3v) is 4.21. The highest BCUT2D eigenvalue weighted by molar-refractivity contribution is 8.15. The predicted octanol–water partition coefficient (Wildman–Crippen LogP) is 1.19. The van der Waals surface area contributed by atoms with E-state index in [1.807, 2.05) is 0 Å². The molecule has 9 heteroatoms. The SMILES string of the molecule is O=C(O)CC1SC(=NN=Cc2ccc3oc(=O)ccc3c2)NC1=O. The summed E-state index contributed by atoms with van der Waals surface area (Å²) in [5.41, 5.74) is 0.790. The first-order valence-electron chi connectivity index (χ1n) is 6.85. The van der Waals surface area contributed by atoms with Crippen LogP contribution in [0.1, 0.15) is 12.0 Å². The Labute approximate surface area is 139 Å². The van der Waals surface area contributed by atoms with Gasteiger partial charge in [0.2, 0.25) is 5.91 Å². The number of carbonyl (C=O) groups is 2. The molecule has 1 saturated heterocycles. The van der Waals surface area contributed by atoms with Gasteiger partial charge in [0, 0.05) is 11.5 Å². The van der Waals surface area contributed by atoms with E-state index in [4.69, 9.17) is 9.52 Å². The summed E-state index contributed by atoms with van der Waals surface area (Å²) < 4.78 is 5.03. The Morgan fingerprint density at radius 2 is 2.17 bits per heavy atom. The van der Waals surface area contributed by atoms with Crippen LogP contribution in [0.5, 0.6) is 0 Å². The number of aliphatic carboxylic acids is 1. The standard InChI is InChI=1S/C15H11N3O5S/c19-12(20)6-11-14(22)17-15(24-11)18-16-7-8-1-3-10-9(5-8)2-4-13(21)23-10/h1-5,7,11H,6H2,(H,19,20)(H,17,18,22). The molecule has 0 bridgehead atoms. The molecule has 1 unspecified atom stereocenters. The van der Waals surface area contributed by atoms with Crippen LogP contribution in [0.15, 0.2) is 49.7 Å². The van der Waals surface area contributed by atoms with Gasteiger partial charge in [-0.2, -0.15) is 5.10 Å². The van der Waals surface area contributed by atoms with Gasteiger partial charge in [0.15, 0.2) is 5.17 Å². The average Bonchev–Trinajstić information content (AvgIpc) is 2.86. The first kappa shape index (κ1) is 15.9. The van der Waals surface area contributed by atoms with E-state index in [1.54, 1.807) is 24.3 Å². The second kappa shape index (κ2) is 6.67. The molecule has 1 fully saturated rings. The molecule has 3 rings (SSSR count). The molecule has 0 spiro atoms. The van der Waals surface area contributed by atoms with Gasteiger partial charge in [-0.3, -0.25) is 9.59 Å². The van der Waals surface area contributed by atoms with E-state index < -0.39 is 22.8 Å². The van der Waals surface area contributed by atoms with Crippen LogP contribution >= 0.6 is 11.8 Å². The summed E-state index contributed by atoms with van der Waals surface area (Å²) in [6.45, 7) is 0. The molecule has 24 heavy (non-hydrogen) atoms. The molecule has 2 N–H and O–H groups in total. The second-order valence-corrected chi connectivity index (χ2v) is 6.09. The normalized spacial score (nSPS) is 19.2. The van der Waals surface area contributed by atoms with Gasteiger partial charge in [0.1, 0.15) is 10.8 Å². The quantitative estimate of drug-likeness (QED) is 0.488. The molecule has 2 aromatic rings. The van der Waals surface area contributed by atoms with Gasteiger partial charge in [0.05, 0.1) is 12.6 Å². The molecular weight excluding hydrogens is 334 g/mol. The fraction of sp³-hybridized carbons (Fsp3) is 0.133. The van der Waals surface area contributed by atoms with Gasteiger partial charge >= 0.3 is 11.6 Å². The van der Waals surface area contributed by atoms with Crippen molar-refractivity contribution in [3.63, 3.8) is 0 Å². The number of carbonyl (C=O) groups excluding carboxylic acids is 1. The molecule has 1 aliphatic rings. The average molecular weight is 345 g/mol. The summed E-state index contributed by atoms with van der Waals surface area (Å²) in [5, 5.41) is 19.3. The van der Waals surface area contributed by atoms with Crippen LogP contribution < -0.4 is 10.9 Å². The Bertz CT molecular complexity index is 934. The number of amidine groups is 1. The van der Waals surface area contributed by atoms with E-state index in [0.717, 1.165) is 22.7 Å². The second-order valence-electron chi connectivity index (χ2n) is 4.90. The predicted molar refractivity (Wildman–Crippen MR) is 89.3 cm³/mol. The van der Waals surface area contributed by atoms with Crippen molar-refractivity contribution in [1.82, 2.24) is 5.32 Å². The fourth-order valence-electron chi connectivity index (χ4n) is 2.06. The molecule has 2 heterocycles. The van der Waals surface area contributed by atoms with Gasteiger partial charge < -0.3 is 14.8 Å². The van der Waals surface area contributed by atoms with E-state index in [1.165, 1.54) is 12.3 Å². The van der Waals surface area contributed by atoms with Crippen LogP contribution in [0.4, 0.5) is 0 Å². The maximum Gasteiger partial charge on any atom is 0.336 e. The number of nitrogens with one attached hydrogen (secondary N) is 1. The lowest BCUT2D eigenvalue weighted by molar-refractivity contribution is -0.138. The number of thioether (sulfide) groups is 1. The molecule has 1 amide bonds. The van der Waals surface area contributed by atoms with E-state index in [9.17, 15) is 14.4 Å². The van der Waals surface area contributed by atoms with E-state index in [2.05, 4.69) is 15.5 Å². The van der Waals surface area contributed by atoms with Crippen LogP contribution in [0, 0.1) is 0 Å². The Hall–Kier alpha value is -2.94. The number of nitrogens with zero attached hydrogens (tertiary/aromatic N) is 2. The van der Waals surface area contributed by atoms with Crippen LogP contribution in [0.25, 0.3) is 11.0 Å². The summed E-state index contributed by atoms with van der Waals surface area (Å²) >= 11 is 1.03. The van der Waals surface area contributed by atoms with E-state index >= 15 is 0 Å². The first-order chi connectivity index (χ1) is 11.5. The number of carboxylic acid groups (broad SMARTS) is 1. The van der Waals surface area contributed by atoms with Crippen molar-refractivity contribution in [3.05, 3.63) is 46.3 Å². The number of rotatable bonds is 4. The molecule has 0 radical (unpaired) electrons. The van der Waals surface area contributed by atoms with Crippen molar-refractivity contribution in [2.45, 2.75) is 11.7 Å². The van der Waals surface area contributed by atoms with Crippen molar-refractivity contribution in [1.29, 1.82) is 0 Å². The molecular formula is C15H11N3O5S. The largest absolute Gasteiger partial charge is 0.481 e. The van der Waals surface area contributed by atoms with Gasteiger partial charge in [-0.15, -0.1) is 5.10 Å². The highest BCUT2D eigenvalue weighted by atomic mass is 32.2. The molecule has 1 aromatic heterocycles. The topological polar surface area (TPSA) is 121 Å². The Morgan fingerprint density at radius 1 is 1.33 bits per heavy atom. The maximum atomic E-state index is 11.6. The lowest BCUT2D eigenvalue weighted by Crippen LogP contribution is -2.26. The number of benzene rings is 1. The van der Waals surface area contributed by atoms with E-state index in [0.29, 0.717) is 5.58 Å². The summed E-state index contributed by atoms with van der Waals surface area (Å²) in [4.78, 5) is 33.3. The Balaban J connectivity index is 1.72. The number of hydrogen-bond donors (Lipinski definition) is 2. The van der Waals surface area contributed by atoms with Crippen LogP contribution in [0.3, 0.4) is 0 Å². The molecule has 1 atom stereocenters. The lowest BCUT2D eigenvalue weighted by atomic mass is 10.1. The maximum absolute atomic E-state index is 11.6. The zero-order chi connectivity index (χ0) is 17.1. The number of amides is 1. The minimum atomic E-state index is -1.05. The molecule has 0 saturated carbocycles. The summed E-state index contributed by atoms with van der Waals surface area (Å²) in [6.07, 6.45) is 1.21. The van der Waals surface area contributed by atoms with Crippen molar-refractivity contribution in [2.24, 2.45) is 10.2 Å². The van der Waals surface area contributed by atoms with Crippen molar-refractivity contribution >= 4 is 46.0 Å². The number of carboxylic acids is 1. The van der Waals surface area contributed by atoms with Crippen molar-refractivity contribution < 1.29 is 19.1 Å².